The van der Waals surface area contributed by atoms with E-state index in [0.29, 0.717) is 23.9 Å². The average Bonchev–Trinajstić information content (AvgIpc) is 3.41. The topological polar surface area (TPSA) is 111 Å². The molecule has 0 aliphatic rings. The van der Waals surface area contributed by atoms with Gasteiger partial charge in [-0.2, -0.15) is 0 Å². The number of carbonyl (C=O) groups excluding carboxylic acids is 2. The van der Waals surface area contributed by atoms with E-state index in [1.54, 1.807) is 0 Å². The minimum absolute atomic E-state index is 0.0443. The maximum atomic E-state index is 13.6. The fraction of sp³-hybridized carbons (Fsp3) is 0.913. The van der Waals surface area contributed by atoms with Gasteiger partial charge in [-0.1, -0.05) is 309 Å². The van der Waals surface area contributed by atoms with Crippen molar-refractivity contribution >= 4 is 19.7 Å². The summed E-state index contributed by atoms with van der Waals surface area (Å²) in [5, 5.41) is 3.08. The van der Waals surface area contributed by atoms with Gasteiger partial charge < -0.3 is 19.4 Å². The second kappa shape index (κ2) is 59.6. The third-order valence-corrected chi connectivity index (χ3v) is 16.9. The van der Waals surface area contributed by atoms with Crippen LogP contribution >= 0.6 is 7.82 Å². The van der Waals surface area contributed by atoms with Crippen molar-refractivity contribution in [1.82, 2.24) is 5.32 Å². The van der Waals surface area contributed by atoms with Crippen LogP contribution in [-0.4, -0.2) is 74.3 Å². The molecule has 0 saturated carbocycles. The van der Waals surface area contributed by atoms with Gasteiger partial charge in [0.05, 0.1) is 33.8 Å². The average molecular weight is 1140 g/mol. The maximum Gasteiger partial charge on any atom is 0.472 e. The molecule has 0 spiro atoms. The van der Waals surface area contributed by atoms with E-state index in [1.165, 1.54) is 263 Å². The molecule has 0 aromatic carbocycles. The monoisotopic (exact) mass is 1140 g/mol. The lowest BCUT2D eigenvalue weighted by molar-refractivity contribution is -0.870. The number of carbonyl (C=O) groups is 2. The second-order valence-corrected chi connectivity index (χ2v) is 26.5. The van der Waals surface area contributed by atoms with Gasteiger partial charge in [-0.05, 0) is 57.4 Å². The number of amides is 1. The number of likely N-dealkylation sites (N-methyl/N-ethyl adjacent to an activating group) is 1. The van der Waals surface area contributed by atoms with Crippen molar-refractivity contribution < 1.29 is 37.3 Å². The quantitative estimate of drug-likeness (QED) is 0.0205. The molecule has 3 atom stereocenters. The summed E-state index contributed by atoms with van der Waals surface area (Å²) in [6.45, 7) is 7.08. The van der Waals surface area contributed by atoms with Crippen molar-refractivity contribution in [2.75, 3.05) is 40.9 Å². The van der Waals surface area contributed by atoms with E-state index in [1.807, 2.05) is 27.2 Å². The van der Waals surface area contributed by atoms with Crippen LogP contribution in [0.2, 0.25) is 0 Å². The summed E-state index contributed by atoms with van der Waals surface area (Å²) in [7, 11) is 1.52. The molecular weight excluding hydrogens is 1000 g/mol. The minimum atomic E-state index is -4.45. The number of nitrogens with zero attached hydrogens (tertiary/aromatic N) is 1. The molecule has 468 valence electrons. The lowest BCUT2D eigenvalue weighted by atomic mass is 10.0. The summed E-state index contributed by atoms with van der Waals surface area (Å²) in [5.41, 5.74) is 0. The van der Waals surface area contributed by atoms with Crippen molar-refractivity contribution in [2.45, 2.75) is 367 Å². The smallest absolute Gasteiger partial charge is 0.456 e. The second-order valence-electron chi connectivity index (χ2n) is 25.1. The molecule has 3 unspecified atom stereocenters. The number of nitrogens with one attached hydrogen (secondary N) is 1. The lowest BCUT2D eigenvalue weighted by Crippen LogP contribution is -2.47. The highest BCUT2D eigenvalue weighted by Gasteiger charge is 2.30. The number of rotatable bonds is 64. The van der Waals surface area contributed by atoms with Crippen LogP contribution < -0.4 is 5.32 Å². The molecule has 0 fully saturated rings. The Morgan fingerprint density at radius 2 is 0.734 bits per heavy atom. The number of hydrogen-bond acceptors (Lipinski definition) is 6. The SMILES string of the molecule is CCCCCCCC/C=C/CCCCCCCCCCCCCC(=O)OC(/C=C/CCCCCCCCCCCCC)C(COP(=O)(O)OCC[N+](C)(C)C)NC(=O)CCCCCCCCCCCCCCCCCCCCC. The van der Waals surface area contributed by atoms with Crippen LogP contribution in [0.1, 0.15) is 355 Å². The summed E-state index contributed by atoms with van der Waals surface area (Å²) in [6.07, 6.45) is 71.8. The highest BCUT2D eigenvalue weighted by atomic mass is 31.2. The zero-order chi connectivity index (χ0) is 57.9. The molecule has 0 aromatic rings. The molecule has 0 radical (unpaired) electrons. The maximum absolute atomic E-state index is 13.6. The van der Waals surface area contributed by atoms with Gasteiger partial charge in [-0.15, -0.1) is 0 Å². The van der Waals surface area contributed by atoms with E-state index in [-0.39, 0.29) is 25.1 Å². The van der Waals surface area contributed by atoms with E-state index in [4.69, 9.17) is 13.8 Å². The van der Waals surface area contributed by atoms with Crippen molar-refractivity contribution in [2.24, 2.45) is 0 Å². The van der Waals surface area contributed by atoms with Crippen LogP contribution in [0.25, 0.3) is 0 Å². The van der Waals surface area contributed by atoms with E-state index in [0.717, 1.165) is 57.8 Å². The van der Waals surface area contributed by atoms with Gasteiger partial charge in [0, 0.05) is 12.8 Å². The molecule has 0 saturated heterocycles. The molecule has 0 aliphatic heterocycles. The minimum Gasteiger partial charge on any atom is -0.456 e. The normalized spacial score (nSPS) is 13.7. The Balaban J connectivity index is 5.13. The number of unbranched alkanes of at least 4 members (excludes halogenated alkanes) is 46. The largest absolute Gasteiger partial charge is 0.472 e. The summed E-state index contributed by atoms with van der Waals surface area (Å²) < 4.78 is 30.8. The van der Waals surface area contributed by atoms with Gasteiger partial charge >= 0.3 is 13.8 Å². The predicted octanol–water partition coefficient (Wildman–Crippen LogP) is 21.7. The van der Waals surface area contributed by atoms with Crippen molar-refractivity contribution in [1.29, 1.82) is 0 Å². The molecule has 0 heterocycles. The van der Waals surface area contributed by atoms with Crippen LogP contribution in [0, 0.1) is 0 Å². The molecule has 0 rings (SSSR count). The molecule has 0 aliphatic carbocycles. The summed E-state index contributed by atoms with van der Waals surface area (Å²) in [6, 6.07) is -0.843. The van der Waals surface area contributed by atoms with Gasteiger partial charge in [0.1, 0.15) is 19.3 Å². The Morgan fingerprint density at radius 1 is 0.430 bits per heavy atom. The van der Waals surface area contributed by atoms with E-state index in [9.17, 15) is 19.0 Å². The first kappa shape index (κ1) is 77.5. The predicted molar refractivity (Wildman–Crippen MR) is 342 cm³/mol. The van der Waals surface area contributed by atoms with Crippen LogP contribution in [0.4, 0.5) is 0 Å². The van der Waals surface area contributed by atoms with Crippen LogP contribution in [0.3, 0.4) is 0 Å². The zero-order valence-corrected chi connectivity index (χ0v) is 54.5. The third kappa shape index (κ3) is 60.9. The van der Waals surface area contributed by atoms with E-state index < -0.39 is 20.0 Å². The molecule has 2 N–H and O–H groups in total. The summed E-state index contributed by atoms with van der Waals surface area (Å²) in [4.78, 5) is 37.9. The Morgan fingerprint density at radius 3 is 1.08 bits per heavy atom. The Hall–Kier alpha value is -1.51. The van der Waals surface area contributed by atoms with E-state index >= 15 is 0 Å². The molecule has 1 amide bonds. The van der Waals surface area contributed by atoms with Crippen molar-refractivity contribution in [3.05, 3.63) is 24.3 Å². The highest BCUT2D eigenvalue weighted by Crippen LogP contribution is 2.43. The number of phosphoric acid groups is 1. The Kier molecular flexibility index (Phi) is 58.5. The van der Waals surface area contributed by atoms with Gasteiger partial charge in [0.15, 0.2) is 0 Å². The van der Waals surface area contributed by atoms with E-state index in [2.05, 4.69) is 44.3 Å². The van der Waals surface area contributed by atoms with Gasteiger partial charge in [0.25, 0.3) is 0 Å². The molecule has 0 aromatic heterocycles. The molecule has 79 heavy (non-hydrogen) atoms. The molecular formula is C69H136N2O7P+. The third-order valence-electron chi connectivity index (χ3n) is 15.9. The number of esters is 1. The molecule has 10 heteroatoms. The van der Waals surface area contributed by atoms with Crippen LogP contribution in [-0.2, 0) is 27.9 Å². The first-order chi connectivity index (χ1) is 38.4. The van der Waals surface area contributed by atoms with Crippen LogP contribution in [0.15, 0.2) is 24.3 Å². The first-order valence-electron chi connectivity index (χ1n) is 34.7. The fourth-order valence-electron chi connectivity index (χ4n) is 10.5. The zero-order valence-electron chi connectivity index (χ0n) is 53.6. The summed E-state index contributed by atoms with van der Waals surface area (Å²) in [5.74, 6) is -0.483. The number of hydrogen-bond donors (Lipinski definition) is 2. The number of quaternary nitrogens is 1. The van der Waals surface area contributed by atoms with Crippen molar-refractivity contribution in [3.8, 4) is 0 Å². The van der Waals surface area contributed by atoms with Crippen LogP contribution in [0.5, 0.6) is 0 Å². The lowest BCUT2D eigenvalue weighted by Gasteiger charge is -2.27. The number of allylic oxidation sites excluding steroid dienone is 3. The first-order valence-corrected chi connectivity index (χ1v) is 36.2. The molecule has 9 nitrogen and oxygen atoms in total. The molecule has 0 bridgehead atoms. The van der Waals surface area contributed by atoms with Gasteiger partial charge in [0.2, 0.25) is 5.91 Å². The standard InChI is InChI=1S/C69H135N2O7P/c1-7-10-13-16-19-22-25-28-30-32-34-35-37-39-41-44-47-50-53-56-59-62-69(73)78-67(60-57-54-51-48-45-42-27-24-21-18-15-12-9-3)66(65-77-79(74,75)76-64-63-71(4,5)6)70-68(72)61-58-55-52-49-46-43-40-38-36-33-31-29-26-23-20-17-14-11-8-2/h28,30,57,60,66-67H,7-27,29,31-56,58-59,61-65H2,1-6H3,(H-,70,72,74,75)/p+1/b30-28+,60-57+. The van der Waals surface area contributed by atoms with Gasteiger partial charge in [-0.3, -0.25) is 18.6 Å². The number of phosphoric ester groups is 1. The highest BCUT2D eigenvalue weighted by molar-refractivity contribution is 7.47. The Bertz CT molecular complexity index is 1400. The summed E-state index contributed by atoms with van der Waals surface area (Å²) >= 11 is 0. The fourth-order valence-corrected chi connectivity index (χ4v) is 11.3. The Labute approximate surface area is 492 Å². The number of ether oxygens (including phenoxy) is 1. The van der Waals surface area contributed by atoms with Gasteiger partial charge in [-0.25, -0.2) is 4.57 Å². The van der Waals surface area contributed by atoms with Crippen molar-refractivity contribution in [3.63, 3.8) is 0 Å².